The number of amides is 1. The van der Waals surface area contributed by atoms with Crippen molar-refractivity contribution in [3.63, 3.8) is 0 Å². The van der Waals surface area contributed by atoms with E-state index in [1.807, 2.05) is 30.9 Å². The number of carbonyl (C=O) groups excluding carboxylic acids is 2. The zero-order chi connectivity index (χ0) is 20.1. The smallest absolute Gasteiger partial charge is 0.341 e. The van der Waals surface area contributed by atoms with Crippen molar-refractivity contribution in [3.8, 4) is 5.69 Å². The van der Waals surface area contributed by atoms with E-state index in [1.54, 1.807) is 23.7 Å². The lowest BCUT2D eigenvalue weighted by Gasteiger charge is -2.24. The Morgan fingerprint density at radius 3 is 2.64 bits per heavy atom. The molecule has 150 valence electrons. The summed E-state index contributed by atoms with van der Waals surface area (Å²) in [5.41, 5.74) is 2.57. The van der Waals surface area contributed by atoms with Crippen LogP contribution in [0.2, 0.25) is 0 Å². The minimum absolute atomic E-state index is 0.0188. The number of esters is 1. The van der Waals surface area contributed by atoms with E-state index < -0.39 is 0 Å². The molecule has 0 N–H and O–H groups in total. The molecule has 1 aromatic carbocycles. The number of carbonyl (C=O) groups is 2. The lowest BCUT2D eigenvalue weighted by Crippen LogP contribution is -2.35. The zero-order valence-corrected chi connectivity index (χ0v) is 16.7. The van der Waals surface area contributed by atoms with Crippen LogP contribution in [0.1, 0.15) is 46.7 Å². The van der Waals surface area contributed by atoms with Gasteiger partial charge in [-0.2, -0.15) is 5.10 Å². The molecule has 1 aromatic heterocycles. The molecule has 3 rings (SSSR count). The molecule has 1 unspecified atom stereocenters. The summed E-state index contributed by atoms with van der Waals surface area (Å²) < 4.78 is 12.1. The first kappa shape index (κ1) is 20.1. The monoisotopic (exact) mass is 385 g/mol. The normalized spacial score (nSPS) is 16.2. The summed E-state index contributed by atoms with van der Waals surface area (Å²) in [5.74, 6) is 0.0501. The number of nitrogens with zero attached hydrogens (tertiary/aromatic N) is 3. The lowest BCUT2D eigenvalue weighted by molar-refractivity contribution is 0.0525. The van der Waals surface area contributed by atoms with Gasteiger partial charge in [-0.15, -0.1) is 0 Å². The number of hydrogen-bond donors (Lipinski definition) is 0. The minimum Gasteiger partial charge on any atom is -0.462 e. The summed E-state index contributed by atoms with van der Waals surface area (Å²) in [6, 6.07) is 7.29. The van der Waals surface area contributed by atoms with Gasteiger partial charge in [0.25, 0.3) is 5.91 Å². The van der Waals surface area contributed by atoms with Crippen LogP contribution in [0.5, 0.6) is 0 Å². The van der Waals surface area contributed by atoms with Crippen LogP contribution in [-0.4, -0.2) is 59.5 Å². The average Bonchev–Trinajstić information content (AvgIpc) is 3.35. The van der Waals surface area contributed by atoms with E-state index in [0.717, 1.165) is 31.9 Å². The van der Waals surface area contributed by atoms with Crippen molar-refractivity contribution in [3.05, 3.63) is 47.3 Å². The van der Waals surface area contributed by atoms with Crippen LogP contribution < -0.4 is 0 Å². The molecule has 7 nitrogen and oxygen atoms in total. The van der Waals surface area contributed by atoms with Crippen molar-refractivity contribution in [2.45, 2.75) is 27.2 Å². The second kappa shape index (κ2) is 9.01. The fourth-order valence-electron chi connectivity index (χ4n) is 3.40. The third-order valence-corrected chi connectivity index (χ3v) is 5.04. The molecule has 1 aliphatic rings. The number of rotatable bonds is 7. The van der Waals surface area contributed by atoms with Crippen molar-refractivity contribution in [2.24, 2.45) is 5.92 Å². The van der Waals surface area contributed by atoms with Crippen LogP contribution >= 0.6 is 0 Å². The SMILES string of the molecule is CCOC(=O)c1cnn(-c2ccc(C(=O)N(CC)CC3CCOC3)cc2)c1C. The number of aromatic nitrogens is 2. The predicted molar refractivity (Wildman–Crippen MR) is 105 cm³/mol. The van der Waals surface area contributed by atoms with E-state index in [-0.39, 0.29) is 11.9 Å². The van der Waals surface area contributed by atoms with Gasteiger partial charge in [-0.25, -0.2) is 9.48 Å². The Morgan fingerprint density at radius 1 is 1.29 bits per heavy atom. The van der Waals surface area contributed by atoms with Gasteiger partial charge in [0.1, 0.15) is 5.56 Å². The Morgan fingerprint density at radius 2 is 2.04 bits per heavy atom. The first-order chi connectivity index (χ1) is 13.5. The molecular formula is C21H27N3O4. The molecule has 1 saturated heterocycles. The first-order valence-electron chi connectivity index (χ1n) is 9.74. The number of ether oxygens (including phenoxy) is 2. The Hall–Kier alpha value is -2.67. The van der Waals surface area contributed by atoms with Crippen LogP contribution in [0.3, 0.4) is 0 Å². The third kappa shape index (κ3) is 4.25. The van der Waals surface area contributed by atoms with Crippen LogP contribution in [0.25, 0.3) is 5.69 Å². The fraction of sp³-hybridized carbons (Fsp3) is 0.476. The van der Waals surface area contributed by atoms with Crippen LogP contribution in [0.15, 0.2) is 30.5 Å². The fourth-order valence-corrected chi connectivity index (χ4v) is 3.40. The van der Waals surface area contributed by atoms with Gasteiger partial charge in [-0.3, -0.25) is 4.79 Å². The zero-order valence-electron chi connectivity index (χ0n) is 16.7. The molecular weight excluding hydrogens is 358 g/mol. The number of hydrogen-bond acceptors (Lipinski definition) is 5. The van der Waals surface area contributed by atoms with Crippen molar-refractivity contribution < 1.29 is 19.1 Å². The highest BCUT2D eigenvalue weighted by molar-refractivity contribution is 5.94. The lowest BCUT2D eigenvalue weighted by atomic mass is 10.1. The van der Waals surface area contributed by atoms with Crippen LogP contribution in [0.4, 0.5) is 0 Å². The maximum atomic E-state index is 12.8. The highest BCUT2D eigenvalue weighted by atomic mass is 16.5. The van der Waals surface area contributed by atoms with Crippen LogP contribution in [0, 0.1) is 12.8 Å². The topological polar surface area (TPSA) is 73.7 Å². The molecule has 1 amide bonds. The molecule has 7 heteroatoms. The second-order valence-corrected chi connectivity index (χ2v) is 6.90. The molecule has 1 atom stereocenters. The van der Waals surface area contributed by atoms with Crippen molar-refractivity contribution in [1.29, 1.82) is 0 Å². The van der Waals surface area contributed by atoms with E-state index in [0.29, 0.717) is 35.9 Å². The summed E-state index contributed by atoms with van der Waals surface area (Å²) in [4.78, 5) is 26.7. The van der Waals surface area contributed by atoms with Crippen molar-refractivity contribution in [1.82, 2.24) is 14.7 Å². The summed E-state index contributed by atoms with van der Waals surface area (Å²) in [6.45, 7) is 8.80. The molecule has 28 heavy (non-hydrogen) atoms. The molecule has 0 saturated carbocycles. The summed E-state index contributed by atoms with van der Waals surface area (Å²) >= 11 is 0. The molecule has 2 heterocycles. The van der Waals surface area contributed by atoms with E-state index in [2.05, 4.69) is 5.10 Å². The first-order valence-corrected chi connectivity index (χ1v) is 9.74. The quantitative estimate of drug-likeness (QED) is 0.685. The predicted octanol–water partition coefficient (Wildman–Crippen LogP) is 2.86. The Balaban J connectivity index is 1.74. The Labute approximate surface area is 165 Å². The van der Waals surface area contributed by atoms with Crippen molar-refractivity contribution in [2.75, 3.05) is 32.9 Å². The minimum atomic E-state index is -0.382. The molecule has 1 aliphatic heterocycles. The third-order valence-electron chi connectivity index (χ3n) is 5.04. The maximum absolute atomic E-state index is 12.8. The molecule has 2 aromatic rings. The Bertz CT molecular complexity index is 823. The largest absolute Gasteiger partial charge is 0.462 e. The summed E-state index contributed by atoms with van der Waals surface area (Å²) in [5, 5.41) is 4.29. The molecule has 1 fully saturated rings. The van der Waals surface area contributed by atoms with E-state index in [4.69, 9.17) is 9.47 Å². The van der Waals surface area contributed by atoms with E-state index in [9.17, 15) is 9.59 Å². The molecule has 0 spiro atoms. The van der Waals surface area contributed by atoms with E-state index in [1.165, 1.54) is 6.20 Å². The van der Waals surface area contributed by atoms with E-state index >= 15 is 0 Å². The molecule has 0 bridgehead atoms. The van der Waals surface area contributed by atoms with Gasteiger partial charge in [0, 0.05) is 31.2 Å². The highest BCUT2D eigenvalue weighted by Gasteiger charge is 2.22. The van der Waals surface area contributed by atoms with Crippen molar-refractivity contribution >= 4 is 11.9 Å². The highest BCUT2D eigenvalue weighted by Crippen LogP contribution is 2.18. The molecule has 0 radical (unpaired) electrons. The van der Waals surface area contributed by atoms with Gasteiger partial charge < -0.3 is 14.4 Å². The van der Waals surface area contributed by atoms with Gasteiger partial charge in [0.15, 0.2) is 0 Å². The maximum Gasteiger partial charge on any atom is 0.341 e. The van der Waals surface area contributed by atoms with Gasteiger partial charge in [-0.05, 0) is 51.5 Å². The summed E-state index contributed by atoms with van der Waals surface area (Å²) in [6.07, 6.45) is 2.51. The van der Waals surface area contributed by atoms with Gasteiger partial charge >= 0.3 is 5.97 Å². The van der Waals surface area contributed by atoms with Crippen LogP contribution in [-0.2, 0) is 9.47 Å². The summed E-state index contributed by atoms with van der Waals surface area (Å²) in [7, 11) is 0. The van der Waals surface area contributed by atoms with Gasteiger partial charge in [0.05, 0.1) is 30.8 Å². The van der Waals surface area contributed by atoms with Gasteiger partial charge in [0.2, 0.25) is 0 Å². The molecule has 0 aliphatic carbocycles. The Kier molecular flexibility index (Phi) is 6.46. The van der Waals surface area contributed by atoms with Gasteiger partial charge in [-0.1, -0.05) is 0 Å². The average molecular weight is 385 g/mol. The standard InChI is InChI=1S/C21H27N3O4/c1-4-23(13-16-10-11-27-14-16)20(25)17-6-8-18(9-7-17)24-15(3)19(12-22-24)21(26)28-5-2/h6-9,12,16H,4-5,10-11,13-14H2,1-3H3. The number of benzene rings is 1. The second-order valence-electron chi connectivity index (χ2n) is 6.90.